The molecule has 4 heterocycles. The van der Waals surface area contributed by atoms with Gasteiger partial charge in [0.15, 0.2) is 16.3 Å². The van der Waals surface area contributed by atoms with Crippen molar-refractivity contribution in [3.63, 3.8) is 0 Å². The third kappa shape index (κ3) is 5.24. The molecule has 1 atom stereocenters. The van der Waals surface area contributed by atoms with Crippen LogP contribution in [0.2, 0.25) is 0 Å². The van der Waals surface area contributed by atoms with Crippen molar-refractivity contribution < 1.29 is 19.0 Å². The number of thiophene rings is 1. The molecule has 3 aromatic heterocycles. The first-order valence-corrected chi connectivity index (χ1v) is 17.4. The molecule has 2 aliphatic rings. The van der Waals surface area contributed by atoms with Crippen LogP contribution in [0.15, 0.2) is 43.7 Å². The van der Waals surface area contributed by atoms with Crippen LogP contribution in [0.5, 0.6) is 11.5 Å². The molecule has 0 fully saturated rings. The van der Waals surface area contributed by atoms with E-state index in [0.717, 1.165) is 53.2 Å². The van der Waals surface area contributed by atoms with Crippen LogP contribution in [-0.2, 0) is 22.4 Å². The van der Waals surface area contributed by atoms with Gasteiger partial charge in [-0.25, -0.2) is 9.79 Å². The fourth-order valence-electron chi connectivity index (χ4n) is 6.38. The number of thiazole rings is 1. The maximum atomic E-state index is 14.3. The van der Waals surface area contributed by atoms with Crippen molar-refractivity contribution in [3.8, 4) is 22.6 Å². The standard InChI is InChI=1S/C34H33BrN4O5S2/c1-7-44-33(41)29-18(3)37-34-39(30(29)22-14-25(42-5)26(43-6)15-24(22)35)31(40)28(46-34)13-20-12-17(2)38(19(20)4)32-23(16-36)21-10-8-9-11-27(21)45-32/h12-15,30H,7-11H2,1-6H3. The number of benzene rings is 1. The van der Waals surface area contributed by atoms with Gasteiger partial charge in [0.05, 0.1) is 48.2 Å². The van der Waals surface area contributed by atoms with Crippen molar-refractivity contribution in [2.45, 2.75) is 59.4 Å². The summed E-state index contributed by atoms with van der Waals surface area (Å²) in [6, 6.07) is 7.23. The van der Waals surface area contributed by atoms with Crippen molar-refractivity contribution in [1.82, 2.24) is 9.13 Å². The first kappa shape index (κ1) is 32.0. The van der Waals surface area contributed by atoms with E-state index in [4.69, 9.17) is 19.2 Å². The Morgan fingerprint density at radius 1 is 1.13 bits per heavy atom. The quantitative estimate of drug-likeness (QED) is 0.224. The first-order chi connectivity index (χ1) is 22.1. The number of hydrogen-bond acceptors (Lipinski definition) is 9. The van der Waals surface area contributed by atoms with E-state index in [1.54, 1.807) is 49.0 Å². The molecule has 1 unspecified atom stereocenters. The Balaban J connectivity index is 1.54. The maximum Gasteiger partial charge on any atom is 0.338 e. The van der Waals surface area contributed by atoms with E-state index in [2.05, 4.69) is 26.6 Å². The molecule has 0 amide bonds. The molecule has 0 bridgehead atoms. The fraction of sp³-hybridized carbons (Fsp3) is 0.353. The predicted molar refractivity (Wildman–Crippen MR) is 182 cm³/mol. The Hall–Kier alpha value is -3.92. The van der Waals surface area contributed by atoms with Crippen LogP contribution in [0.25, 0.3) is 11.1 Å². The SMILES string of the molecule is CCOC(=O)C1=C(C)N=c2sc(=Cc3cc(C)n(-c4sc5c(c4C#N)CCCC5)c3C)c(=O)n2C1c1cc(OC)c(OC)cc1Br. The highest BCUT2D eigenvalue weighted by molar-refractivity contribution is 9.10. The molecule has 0 radical (unpaired) electrons. The van der Waals surface area contributed by atoms with Crippen molar-refractivity contribution in [2.24, 2.45) is 4.99 Å². The number of aryl methyl sites for hydroxylation is 2. The highest BCUT2D eigenvalue weighted by atomic mass is 79.9. The van der Waals surface area contributed by atoms with Gasteiger partial charge in [0.25, 0.3) is 5.56 Å². The van der Waals surface area contributed by atoms with E-state index in [0.29, 0.717) is 36.6 Å². The number of rotatable bonds is 7. The average Bonchev–Trinajstić information content (AvgIpc) is 3.65. The molecule has 0 saturated heterocycles. The van der Waals surface area contributed by atoms with E-state index in [1.165, 1.54) is 28.9 Å². The zero-order chi connectivity index (χ0) is 32.9. The number of carbonyl (C=O) groups excluding carboxylic acids is 1. The van der Waals surface area contributed by atoms with Gasteiger partial charge in [-0.3, -0.25) is 9.36 Å². The highest BCUT2D eigenvalue weighted by Crippen LogP contribution is 2.41. The van der Waals surface area contributed by atoms with Gasteiger partial charge in [0.2, 0.25) is 0 Å². The van der Waals surface area contributed by atoms with Crippen LogP contribution in [-0.4, -0.2) is 35.9 Å². The Labute approximate surface area is 282 Å². The van der Waals surface area contributed by atoms with Crippen LogP contribution in [0.4, 0.5) is 0 Å². The summed E-state index contributed by atoms with van der Waals surface area (Å²) in [6.45, 7) is 7.71. The van der Waals surface area contributed by atoms with Crippen LogP contribution in [0, 0.1) is 25.2 Å². The van der Waals surface area contributed by atoms with Crippen LogP contribution in [0.1, 0.15) is 71.2 Å². The first-order valence-electron chi connectivity index (χ1n) is 15.0. The number of esters is 1. The lowest BCUT2D eigenvalue weighted by molar-refractivity contribution is -0.139. The molecule has 6 rings (SSSR count). The summed E-state index contributed by atoms with van der Waals surface area (Å²) in [6.07, 6.45) is 6.07. The summed E-state index contributed by atoms with van der Waals surface area (Å²) in [5.74, 6) is 0.422. The Morgan fingerprint density at radius 3 is 2.54 bits per heavy atom. The number of nitriles is 1. The van der Waals surface area contributed by atoms with Gasteiger partial charge in [0.1, 0.15) is 11.1 Å². The minimum atomic E-state index is -0.824. The second-order valence-corrected chi connectivity index (χ2v) is 14.1. The van der Waals surface area contributed by atoms with Gasteiger partial charge >= 0.3 is 5.97 Å². The van der Waals surface area contributed by atoms with Gasteiger partial charge in [-0.15, -0.1) is 11.3 Å². The molecule has 12 heteroatoms. The molecule has 1 aliphatic heterocycles. The Kier molecular flexibility index (Phi) is 8.85. The van der Waals surface area contributed by atoms with Crippen LogP contribution >= 0.6 is 38.6 Å². The molecule has 46 heavy (non-hydrogen) atoms. The Morgan fingerprint density at radius 2 is 1.85 bits per heavy atom. The number of carbonyl (C=O) groups is 1. The molecule has 0 N–H and O–H groups in total. The number of halogens is 1. The average molecular weight is 722 g/mol. The minimum absolute atomic E-state index is 0.177. The number of aromatic nitrogens is 2. The zero-order valence-corrected chi connectivity index (χ0v) is 29.7. The van der Waals surface area contributed by atoms with Crippen molar-refractivity contribution in [3.05, 3.63) is 92.1 Å². The molecule has 238 valence electrons. The summed E-state index contributed by atoms with van der Waals surface area (Å²) in [5, 5.41) is 11.1. The number of allylic oxidation sites excluding steroid dienone is 1. The van der Waals surface area contributed by atoms with E-state index in [-0.39, 0.29) is 17.7 Å². The number of hydrogen-bond donors (Lipinski definition) is 0. The molecular formula is C34H33BrN4O5S2. The van der Waals surface area contributed by atoms with Gasteiger partial charge in [-0.2, -0.15) is 5.26 Å². The van der Waals surface area contributed by atoms with Crippen molar-refractivity contribution >= 4 is 50.6 Å². The molecule has 0 spiro atoms. The van der Waals surface area contributed by atoms with E-state index in [1.807, 2.05) is 26.0 Å². The predicted octanol–water partition coefficient (Wildman–Crippen LogP) is 5.80. The topological polar surface area (TPSA) is 108 Å². The third-order valence-electron chi connectivity index (χ3n) is 8.54. The lowest BCUT2D eigenvalue weighted by Crippen LogP contribution is -2.40. The van der Waals surface area contributed by atoms with E-state index >= 15 is 0 Å². The van der Waals surface area contributed by atoms with Gasteiger partial charge in [-0.05, 0) is 94.3 Å². The summed E-state index contributed by atoms with van der Waals surface area (Å²) in [7, 11) is 3.09. The normalized spacial score (nSPS) is 16.0. The summed E-state index contributed by atoms with van der Waals surface area (Å²) in [4.78, 5) is 34.2. The van der Waals surface area contributed by atoms with Gasteiger partial charge in [-0.1, -0.05) is 27.3 Å². The third-order valence-corrected chi connectivity index (χ3v) is 11.5. The molecular weight excluding hydrogens is 688 g/mol. The van der Waals surface area contributed by atoms with Crippen molar-refractivity contribution in [2.75, 3.05) is 20.8 Å². The van der Waals surface area contributed by atoms with E-state index < -0.39 is 12.0 Å². The molecule has 1 aromatic carbocycles. The van der Waals surface area contributed by atoms with Crippen LogP contribution in [0.3, 0.4) is 0 Å². The number of methoxy groups -OCH3 is 2. The van der Waals surface area contributed by atoms with Gasteiger partial charge in [0, 0.05) is 20.7 Å². The van der Waals surface area contributed by atoms with E-state index in [9.17, 15) is 14.9 Å². The number of fused-ring (bicyclic) bond motifs is 2. The fourth-order valence-corrected chi connectivity index (χ4v) is 9.40. The summed E-state index contributed by atoms with van der Waals surface area (Å²) in [5.41, 5.74) is 5.85. The minimum Gasteiger partial charge on any atom is -0.493 e. The summed E-state index contributed by atoms with van der Waals surface area (Å²) < 4.78 is 21.3. The van der Waals surface area contributed by atoms with Crippen LogP contribution < -0.4 is 24.4 Å². The lowest BCUT2D eigenvalue weighted by Gasteiger charge is -2.26. The number of ether oxygens (including phenoxy) is 3. The van der Waals surface area contributed by atoms with Gasteiger partial charge < -0.3 is 18.8 Å². The molecule has 9 nitrogen and oxygen atoms in total. The Bertz CT molecular complexity index is 2160. The molecule has 0 saturated carbocycles. The molecule has 4 aromatic rings. The lowest BCUT2D eigenvalue weighted by atomic mass is 9.95. The zero-order valence-electron chi connectivity index (χ0n) is 26.4. The number of nitrogens with zero attached hydrogens (tertiary/aromatic N) is 4. The largest absolute Gasteiger partial charge is 0.493 e. The highest BCUT2D eigenvalue weighted by Gasteiger charge is 2.35. The summed E-state index contributed by atoms with van der Waals surface area (Å²) >= 11 is 6.62. The monoisotopic (exact) mass is 720 g/mol. The maximum absolute atomic E-state index is 14.3. The van der Waals surface area contributed by atoms with Crippen molar-refractivity contribution in [1.29, 1.82) is 5.26 Å². The second kappa shape index (κ2) is 12.7. The molecule has 1 aliphatic carbocycles. The smallest absolute Gasteiger partial charge is 0.338 e. The second-order valence-electron chi connectivity index (χ2n) is 11.2.